The number of nitrogens with zero attached hydrogens (tertiary/aromatic N) is 1. The first-order valence-electron chi connectivity index (χ1n) is 7.72. The third-order valence-corrected chi connectivity index (χ3v) is 5.12. The van der Waals surface area contributed by atoms with Crippen LogP contribution < -0.4 is 5.32 Å². The molecule has 1 spiro atoms. The van der Waals surface area contributed by atoms with Gasteiger partial charge in [0.05, 0.1) is 0 Å². The predicted molar refractivity (Wildman–Crippen MR) is 80.3 cm³/mol. The molecule has 2 nitrogen and oxygen atoms in total. The fourth-order valence-electron chi connectivity index (χ4n) is 3.66. The van der Waals surface area contributed by atoms with Crippen molar-refractivity contribution in [1.29, 1.82) is 0 Å². The number of hydrogen-bond acceptors (Lipinski definition) is 2. The molecule has 104 valence electrons. The zero-order valence-electron chi connectivity index (χ0n) is 12.1. The van der Waals surface area contributed by atoms with Crippen molar-refractivity contribution in [3.63, 3.8) is 0 Å². The minimum absolute atomic E-state index is 0.728. The standard InChI is InChI=1S/C17H26N2/c1-19(12-7-15-5-3-2-4-6-15)14-16-13-17(16)8-10-18-11-9-17/h2-6,16,18H,7-14H2,1H3. The summed E-state index contributed by atoms with van der Waals surface area (Å²) in [6, 6.07) is 10.8. The van der Waals surface area contributed by atoms with E-state index in [1.807, 2.05) is 0 Å². The molecule has 1 aromatic carbocycles. The van der Waals surface area contributed by atoms with Crippen LogP contribution in [-0.4, -0.2) is 38.1 Å². The number of hydrogen-bond donors (Lipinski definition) is 1. The van der Waals surface area contributed by atoms with Crippen molar-refractivity contribution >= 4 is 0 Å². The molecule has 1 unspecified atom stereocenters. The highest BCUT2D eigenvalue weighted by Gasteiger charge is 2.53. The van der Waals surface area contributed by atoms with Crippen molar-refractivity contribution in [3.8, 4) is 0 Å². The van der Waals surface area contributed by atoms with E-state index in [1.165, 1.54) is 57.4 Å². The number of benzene rings is 1. The van der Waals surface area contributed by atoms with Gasteiger partial charge in [0.2, 0.25) is 0 Å². The highest BCUT2D eigenvalue weighted by molar-refractivity contribution is 5.15. The SMILES string of the molecule is CN(CCc1ccccc1)CC1CC12CCNCC2. The largest absolute Gasteiger partial charge is 0.317 e. The van der Waals surface area contributed by atoms with Crippen LogP contribution in [0.2, 0.25) is 0 Å². The fraction of sp³-hybridized carbons (Fsp3) is 0.647. The van der Waals surface area contributed by atoms with Crippen LogP contribution in [0.1, 0.15) is 24.8 Å². The van der Waals surface area contributed by atoms with Crippen molar-refractivity contribution in [1.82, 2.24) is 10.2 Å². The molecule has 2 aliphatic rings. The van der Waals surface area contributed by atoms with Gasteiger partial charge >= 0.3 is 0 Å². The van der Waals surface area contributed by atoms with Crippen LogP contribution in [0.4, 0.5) is 0 Å². The van der Waals surface area contributed by atoms with E-state index in [9.17, 15) is 0 Å². The van der Waals surface area contributed by atoms with Crippen LogP contribution >= 0.6 is 0 Å². The second-order valence-electron chi connectivity index (χ2n) is 6.51. The van der Waals surface area contributed by atoms with Crippen LogP contribution in [0.15, 0.2) is 30.3 Å². The summed E-state index contributed by atoms with van der Waals surface area (Å²) in [5, 5.41) is 3.49. The van der Waals surface area contributed by atoms with Gasteiger partial charge in [-0.25, -0.2) is 0 Å². The number of rotatable bonds is 5. The van der Waals surface area contributed by atoms with Crippen LogP contribution in [0.25, 0.3) is 0 Å². The topological polar surface area (TPSA) is 15.3 Å². The van der Waals surface area contributed by atoms with Gasteiger partial charge in [-0.2, -0.15) is 0 Å². The quantitative estimate of drug-likeness (QED) is 0.873. The van der Waals surface area contributed by atoms with Gasteiger partial charge in [-0.05, 0) is 62.7 Å². The van der Waals surface area contributed by atoms with Gasteiger partial charge in [-0.15, -0.1) is 0 Å². The molecule has 0 bridgehead atoms. The van der Waals surface area contributed by atoms with Gasteiger partial charge in [0.15, 0.2) is 0 Å². The van der Waals surface area contributed by atoms with E-state index >= 15 is 0 Å². The molecular formula is C17H26N2. The second kappa shape index (κ2) is 5.64. The average Bonchev–Trinajstić information content (AvgIpc) is 3.10. The van der Waals surface area contributed by atoms with E-state index in [4.69, 9.17) is 0 Å². The van der Waals surface area contributed by atoms with Crippen LogP contribution in [0.5, 0.6) is 0 Å². The average molecular weight is 258 g/mol. The van der Waals surface area contributed by atoms with Crippen molar-refractivity contribution < 1.29 is 0 Å². The molecule has 1 saturated carbocycles. The Morgan fingerprint density at radius 1 is 1.21 bits per heavy atom. The molecule has 1 aliphatic carbocycles. The van der Waals surface area contributed by atoms with Crippen LogP contribution in [0, 0.1) is 11.3 Å². The van der Waals surface area contributed by atoms with Gasteiger partial charge in [0.25, 0.3) is 0 Å². The molecule has 2 fully saturated rings. The maximum atomic E-state index is 3.49. The molecule has 1 aromatic rings. The number of likely N-dealkylation sites (N-methyl/N-ethyl adjacent to an activating group) is 1. The lowest BCUT2D eigenvalue weighted by Crippen LogP contribution is -2.32. The molecule has 1 N–H and O–H groups in total. The lowest BCUT2D eigenvalue weighted by Gasteiger charge is -2.25. The second-order valence-corrected chi connectivity index (χ2v) is 6.51. The Balaban J connectivity index is 1.41. The molecule has 1 heterocycles. The van der Waals surface area contributed by atoms with Crippen molar-refractivity contribution in [2.24, 2.45) is 11.3 Å². The molecule has 1 saturated heterocycles. The molecule has 19 heavy (non-hydrogen) atoms. The fourth-order valence-corrected chi connectivity index (χ4v) is 3.66. The number of nitrogens with one attached hydrogen (secondary N) is 1. The summed E-state index contributed by atoms with van der Waals surface area (Å²) < 4.78 is 0. The lowest BCUT2D eigenvalue weighted by atomic mass is 9.92. The van der Waals surface area contributed by atoms with E-state index in [2.05, 4.69) is 47.6 Å². The first-order valence-corrected chi connectivity index (χ1v) is 7.72. The molecular weight excluding hydrogens is 232 g/mol. The lowest BCUT2D eigenvalue weighted by molar-refractivity contribution is 0.263. The number of piperidine rings is 1. The van der Waals surface area contributed by atoms with Gasteiger partial charge in [0, 0.05) is 13.1 Å². The third kappa shape index (κ3) is 3.18. The van der Waals surface area contributed by atoms with Gasteiger partial charge in [-0.1, -0.05) is 30.3 Å². The Morgan fingerprint density at radius 3 is 2.68 bits per heavy atom. The summed E-state index contributed by atoms with van der Waals surface area (Å²) in [5.41, 5.74) is 2.19. The highest BCUT2D eigenvalue weighted by atomic mass is 15.1. The van der Waals surface area contributed by atoms with Crippen molar-refractivity contribution in [3.05, 3.63) is 35.9 Å². The highest BCUT2D eigenvalue weighted by Crippen LogP contribution is 2.58. The minimum Gasteiger partial charge on any atom is -0.317 e. The van der Waals surface area contributed by atoms with Crippen LogP contribution in [0.3, 0.4) is 0 Å². The van der Waals surface area contributed by atoms with Gasteiger partial charge in [0.1, 0.15) is 0 Å². The summed E-state index contributed by atoms with van der Waals surface area (Å²) in [6.45, 7) is 4.97. The van der Waals surface area contributed by atoms with E-state index in [0.717, 1.165) is 11.3 Å². The van der Waals surface area contributed by atoms with E-state index < -0.39 is 0 Å². The third-order valence-electron chi connectivity index (χ3n) is 5.12. The minimum atomic E-state index is 0.728. The van der Waals surface area contributed by atoms with Crippen molar-refractivity contribution in [2.45, 2.75) is 25.7 Å². The Hall–Kier alpha value is -0.860. The van der Waals surface area contributed by atoms with E-state index in [1.54, 1.807) is 0 Å². The summed E-state index contributed by atoms with van der Waals surface area (Å²) in [6.07, 6.45) is 5.47. The van der Waals surface area contributed by atoms with Gasteiger partial charge in [-0.3, -0.25) is 0 Å². The van der Waals surface area contributed by atoms with Gasteiger partial charge < -0.3 is 10.2 Å². The zero-order valence-corrected chi connectivity index (χ0v) is 12.1. The first kappa shape index (κ1) is 13.1. The first-order chi connectivity index (χ1) is 9.28. The zero-order chi connectivity index (χ0) is 13.1. The smallest absolute Gasteiger partial charge is 0.00189 e. The predicted octanol–water partition coefficient (Wildman–Crippen LogP) is 2.55. The Labute approximate surface area is 117 Å². The van der Waals surface area contributed by atoms with E-state index in [-0.39, 0.29) is 0 Å². The monoisotopic (exact) mass is 258 g/mol. The molecule has 0 aromatic heterocycles. The molecule has 1 atom stereocenters. The summed E-state index contributed by atoms with van der Waals surface area (Å²) >= 11 is 0. The molecule has 1 aliphatic heterocycles. The van der Waals surface area contributed by atoms with Crippen LogP contribution in [-0.2, 0) is 6.42 Å². The molecule has 2 heteroatoms. The summed E-state index contributed by atoms with van der Waals surface area (Å²) in [5.74, 6) is 0.968. The summed E-state index contributed by atoms with van der Waals surface area (Å²) in [7, 11) is 2.29. The molecule has 3 rings (SSSR count). The molecule has 0 amide bonds. The maximum absolute atomic E-state index is 3.49. The maximum Gasteiger partial charge on any atom is 0.00189 e. The van der Waals surface area contributed by atoms with E-state index in [0.29, 0.717) is 0 Å². The Kier molecular flexibility index (Phi) is 3.90. The Bertz CT molecular complexity index is 395. The Morgan fingerprint density at radius 2 is 1.95 bits per heavy atom. The molecule has 0 radical (unpaired) electrons. The summed E-state index contributed by atoms with van der Waals surface area (Å²) in [4.78, 5) is 2.54. The normalized spacial score (nSPS) is 24.8. The van der Waals surface area contributed by atoms with Crippen molar-refractivity contribution in [2.75, 3.05) is 33.2 Å².